The van der Waals surface area contributed by atoms with Gasteiger partial charge in [-0.2, -0.15) is 4.68 Å². The van der Waals surface area contributed by atoms with Crippen LogP contribution in [0.4, 0.5) is 0 Å². The van der Waals surface area contributed by atoms with Crippen molar-refractivity contribution in [3.8, 4) is 34.4 Å². The van der Waals surface area contributed by atoms with E-state index >= 15 is 0 Å². The molecule has 0 unspecified atom stereocenters. The van der Waals surface area contributed by atoms with Crippen molar-refractivity contribution in [1.29, 1.82) is 0 Å². The van der Waals surface area contributed by atoms with Crippen LogP contribution >= 0.6 is 11.3 Å². The predicted octanol–water partition coefficient (Wildman–Crippen LogP) is 1.04. The molecule has 0 amide bonds. The zero-order valence-corrected chi connectivity index (χ0v) is 12.5. The van der Waals surface area contributed by atoms with Gasteiger partial charge in [0.25, 0.3) is 0 Å². The van der Waals surface area contributed by atoms with Crippen molar-refractivity contribution >= 4 is 17.0 Å². The maximum absolute atomic E-state index is 12.2. The summed E-state index contributed by atoms with van der Waals surface area (Å²) in [5.41, 5.74) is 1.28. The van der Waals surface area contributed by atoms with E-state index < -0.39 is 5.69 Å². The van der Waals surface area contributed by atoms with Gasteiger partial charge in [-0.25, -0.2) is 19.2 Å². The summed E-state index contributed by atoms with van der Waals surface area (Å²) < 4.78 is 2.39. The van der Waals surface area contributed by atoms with Gasteiger partial charge in [-0.1, -0.05) is 17.2 Å². The molecule has 4 aromatic heterocycles. The lowest BCUT2D eigenvalue weighted by Gasteiger charge is -1.99. The summed E-state index contributed by atoms with van der Waals surface area (Å²) in [5.74, 6) is 2.88. The molecule has 0 atom stereocenters. The largest absolute Gasteiger partial charge is 0.353 e. The lowest BCUT2D eigenvalue weighted by molar-refractivity contribution is 0.577. The summed E-state index contributed by atoms with van der Waals surface area (Å²) in [6.07, 6.45) is 8.31. The van der Waals surface area contributed by atoms with Gasteiger partial charge in [-0.15, -0.1) is 22.9 Å². The molecule has 4 heterocycles. The fourth-order valence-electron chi connectivity index (χ4n) is 2.19. The molecule has 4 rings (SSSR count). The molecule has 1 N–H and O–H groups in total. The summed E-state index contributed by atoms with van der Waals surface area (Å²) in [6, 6.07) is 3.96. The summed E-state index contributed by atoms with van der Waals surface area (Å²) in [5, 5.41) is 9.84. The van der Waals surface area contributed by atoms with E-state index in [2.05, 4.69) is 31.2 Å². The van der Waals surface area contributed by atoms with Crippen LogP contribution in [0, 0.1) is 12.3 Å². The first-order valence-electron chi connectivity index (χ1n) is 6.61. The van der Waals surface area contributed by atoms with Crippen LogP contribution < -0.4 is 5.69 Å². The molecule has 23 heavy (non-hydrogen) atoms. The average molecular weight is 323 g/mol. The molecular formula is C14H9N7OS. The number of aromatic nitrogens is 7. The molecule has 0 aliphatic heterocycles. The first-order valence-corrected chi connectivity index (χ1v) is 7.49. The standard InChI is InChI=1S/C14H9N7OS/c1-2-5-21-14(22)20-8-16-11(13(20)18-19-21)12-15-7-9(17-12)10-4-3-6-23-10/h1,3-4,6-8H,5H2,(H,15,17). The van der Waals surface area contributed by atoms with Crippen LogP contribution in [0.1, 0.15) is 0 Å². The Labute approximate surface area is 133 Å². The van der Waals surface area contributed by atoms with Crippen molar-refractivity contribution in [3.05, 3.63) is 40.5 Å². The second kappa shape index (κ2) is 5.19. The summed E-state index contributed by atoms with van der Waals surface area (Å²) in [4.78, 5) is 25.0. The Bertz CT molecular complexity index is 1080. The number of hydrogen-bond donors (Lipinski definition) is 1. The van der Waals surface area contributed by atoms with Gasteiger partial charge in [0.1, 0.15) is 12.9 Å². The van der Waals surface area contributed by atoms with Crippen molar-refractivity contribution in [2.24, 2.45) is 0 Å². The van der Waals surface area contributed by atoms with Gasteiger partial charge < -0.3 is 4.98 Å². The number of rotatable bonds is 3. The zero-order chi connectivity index (χ0) is 15.8. The topological polar surface area (TPSA) is 93.8 Å². The van der Waals surface area contributed by atoms with Crippen LogP contribution in [0.2, 0.25) is 0 Å². The molecule has 9 heteroatoms. The minimum absolute atomic E-state index is 0.0541. The van der Waals surface area contributed by atoms with E-state index in [0.29, 0.717) is 17.2 Å². The Morgan fingerprint density at radius 2 is 2.30 bits per heavy atom. The normalized spacial score (nSPS) is 10.9. The van der Waals surface area contributed by atoms with Crippen LogP contribution in [-0.4, -0.2) is 34.3 Å². The first kappa shape index (κ1) is 13.4. The average Bonchev–Trinajstić information content (AvgIpc) is 3.29. The van der Waals surface area contributed by atoms with Crippen molar-refractivity contribution in [2.45, 2.75) is 6.54 Å². The molecule has 0 aliphatic carbocycles. The molecule has 0 spiro atoms. The molecule has 8 nitrogen and oxygen atoms in total. The second-order valence-electron chi connectivity index (χ2n) is 4.64. The molecule has 0 aliphatic rings. The van der Waals surface area contributed by atoms with Crippen LogP contribution in [0.25, 0.3) is 27.7 Å². The van der Waals surface area contributed by atoms with E-state index in [4.69, 9.17) is 6.42 Å². The van der Waals surface area contributed by atoms with Gasteiger partial charge in [0.15, 0.2) is 17.2 Å². The Balaban J connectivity index is 1.83. The van der Waals surface area contributed by atoms with Crippen molar-refractivity contribution in [2.75, 3.05) is 0 Å². The highest BCUT2D eigenvalue weighted by Gasteiger charge is 2.16. The third-order valence-electron chi connectivity index (χ3n) is 3.24. The lowest BCUT2D eigenvalue weighted by atomic mass is 10.4. The monoisotopic (exact) mass is 323 g/mol. The van der Waals surface area contributed by atoms with Crippen LogP contribution in [-0.2, 0) is 6.54 Å². The number of hydrogen-bond acceptors (Lipinski definition) is 6. The fraction of sp³-hybridized carbons (Fsp3) is 0.0714. The summed E-state index contributed by atoms with van der Waals surface area (Å²) in [6.45, 7) is 0.0541. The highest BCUT2D eigenvalue weighted by atomic mass is 32.1. The number of imidazole rings is 2. The van der Waals surface area contributed by atoms with Gasteiger partial charge in [0.05, 0.1) is 16.8 Å². The van der Waals surface area contributed by atoms with Crippen molar-refractivity contribution in [3.63, 3.8) is 0 Å². The van der Waals surface area contributed by atoms with Gasteiger partial charge in [0.2, 0.25) is 0 Å². The number of H-pyrrole nitrogens is 1. The first-order chi connectivity index (χ1) is 11.3. The molecule has 0 radical (unpaired) electrons. The summed E-state index contributed by atoms with van der Waals surface area (Å²) in [7, 11) is 0. The quantitative estimate of drug-likeness (QED) is 0.569. The number of thiophene rings is 1. The minimum atomic E-state index is -0.392. The Morgan fingerprint density at radius 1 is 1.39 bits per heavy atom. The van der Waals surface area contributed by atoms with Crippen molar-refractivity contribution < 1.29 is 0 Å². The van der Waals surface area contributed by atoms with E-state index in [1.54, 1.807) is 17.5 Å². The SMILES string of the molecule is C#CCn1nnc2c(-c3ncc(-c4cccs4)[nH]3)ncn2c1=O. The van der Waals surface area contributed by atoms with Crippen molar-refractivity contribution in [1.82, 2.24) is 34.3 Å². The van der Waals surface area contributed by atoms with Crippen LogP contribution in [0.15, 0.2) is 34.8 Å². The molecule has 4 aromatic rings. The molecule has 0 fully saturated rings. The molecule has 112 valence electrons. The molecule has 0 saturated carbocycles. The highest BCUT2D eigenvalue weighted by Crippen LogP contribution is 2.25. The number of aromatic amines is 1. The third-order valence-corrected chi connectivity index (χ3v) is 4.15. The van der Waals surface area contributed by atoms with Gasteiger partial charge >= 0.3 is 5.69 Å². The smallest absolute Gasteiger partial charge is 0.336 e. The Morgan fingerprint density at radius 3 is 3.09 bits per heavy atom. The van der Waals surface area contributed by atoms with Crippen LogP contribution in [0.5, 0.6) is 0 Å². The highest BCUT2D eigenvalue weighted by molar-refractivity contribution is 7.13. The van der Waals surface area contributed by atoms with Gasteiger partial charge in [0, 0.05) is 0 Å². The maximum Gasteiger partial charge on any atom is 0.353 e. The number of nitrogens with zero attached hydrogens (tertiary/aromatic N) is 6. The molecule has 0 bridgehead atoms. The molecule has 0 aromatic carbocycles. The zero-order valence-electron chi connectivity index (χ0n) is 11.7. The predicted molar refractivity (Wildman–Crippen MR) is 84.8 cm³/mol. The second-order valence-corrected chi connectivity index (χ2v) is 5.59. The molecule has 0 saturated heterocycles. The summed E-state index contributed by atoms with van der Waals surface area (Å²) >= 11 is 1.60. The number of nitrogens with one attached hydrogen (secondary N) is 1. The fourth-order valence-corrected chi connectivity index (χ4v) is 2.88. The Kier molecular flexibility index (Phi) is 3.03. The van der Waals surface area contributed by atoms with E-state index in [1.807, 2.05) is 17.5 Å². The lowest BCUT2D eigenvalue weighted by Crippen LogP contribution is -2.29. The van der Waals surface area contributed by atoms with E-state index in [0.717, 1.165) is 15.3 Å². The molecular weight excluding hydrogens is 314 g/mol. The van der Waals surface area contributed by atoms with E-state index in [1.165, 1.54) is 10.7 Å². The minimum Gasteiger partial charge on any atom is -0.336 e. The van der Waals surface area contributed by atoms with Gasteiger partial charge in [-0.3, -0.25) is 0 Å². The number of terminal acetylenes is 1. The van der Waals surface area contributed by atoms with E-state index in [-0.39, 0.29) is 6.54 Å². The third kappa shape index (κ3) is 2.13. The van der Waals surface area contributed by atoms with E-state index in [9.17, 15) is 4.79 Å². The van der Waals surface area contributed by atoms with Gasteiger partial charge in [-0.05, 0) is 11.4 Å². The maximum atomic E-state index is 12.2. The van der Waals surface area contributed by atoms with Crippen LogP contribution in [0.3, 0.4) is 0 Å². The Hall–Kier alpha value is -3.25. The number of fused-ring (bicyclic) bond motifs is 1.